The predicted octanol–water partition coefficient (Wildman–Crippen LogP) is -3.18. The number of rotatable bonds is 5. The Morgan fingerprint density at radius 1 is 1.48 bits per heavy atom. The van der Waals surface area contributed by atoms with E-state index in [0.717, 1.165) is 29.6 Å². The molecule has 0 radical (unpaired) electrons. The Hall–Kier alpha value is -0.220. The Labute approximate surface area is 154 Å². The van der Waals surface area contributed by atoms with E-state index in [1.165, 1.54) is 6.92 Å². The van der Waals surface area contributed by atoms with Crippen LogP contribution in [-0.4, -0.2) is 76.4 Å². The van der Waals surface area contributed by atoms with E-state index in [1.54, 1.807) is 13.8 Å². The molecule has 0 aromatic heterocycles. The van der Waals surface area contributed by atoms with E-state index in [9.17, 15) is 20.1 Å². The van der Waals surface area contributed by atoms with Gasteiger partial charge >= 0.3 is 5.97 Å². The summed E-state index contributed by atoms with van der Waals surface area (Å²) in [5.41, 5.74) is -1.01. The van der Waals surface area contributed by atoms with Gasteiger partial charge in [0, 0.05) is 12.0 Å². The minimum atomic E-state index is -1.91. The van der Waals surface area contributed by atoms with Gasteiger partial charge in [0.05, 0.1) is 26.2 Å². The summed E-state index contributed by atoms with van der Waals surface area (Å²) in [6.07, 6.45) is 1.13. The van der Waals surface area contributed by atoms with Crippen LogP contribution in [0.2, 0.25) is 0 Å². The molecule has 2 rings (SSSR count). The van der Waals surface area contributed by atoms with E-state index in [2.05, 4.69) is 7.05 Å². The molecule has 1 unspecified atom stereocenters. The van der Waals surface area contributed by atoms with Crippen molar-refractivity contribution in [1.29, 1.82) is 0 Å². The van der Waals surface area contributed by atoms with Crippen molar-refractivity contribution in [2.75, 3.05) is 26.7 Å². The fourth-order valence-electron chi connectivity index (χ4n) is 3.74. The summed E-state index contributed by atoms with van der Waals surface area (Å²) < 4.78 is 6.03. The van der Waals surface area contributed by atoms with Crippen LogP contribution in [0.25, 0.3) is 0 Å². The smallest absolute Gasteiger partial charge is 0.341 e. The van der Waals surface area contributed by atoms with Gasteiger partial charge in [0.25, 0.3) is 0 Å². The van der Waals surface area contributed by atoms with E-state index in [4.69, 9.17) is 4.74 Å². The average Bonchev–Trinajstić information content (AvgIpc) is 2.92. The summed E-state index contributed by atoms with van der Waals surface area (Å²) in [4.78, 5) is 12.2. The zero-order valence-electron chi connectivity index (χ0n) is 14.2. The van der Waals surface area contributed by atoms with Crippen LogP contribution in [0.5, 0.6) is 0 Å². The third-order valence-electron chi connectivity index (χ3n) is 5.34. The van der Waals surface area contributed by atoms with Crippen molar-refractivity contribution in [3.8, 4) is 0 Å². The summed E-state index contributed by atoms with van der Waals surface area (Å²) in [5.74, 6) is -1.28. The number of aliphatic hydroxyl groups is 3. The summed E-state index contributed by atoms with van der Waals surface area (Å²) in [6, 6.07) is -0.0357. The molecule has 0 spiro atoms. The van der Waals surface area contributed by atoms with Crippen molar-refractivity contribution in [2.45, 2.75) is 51.0 Å². The lowest BCUT2D eigenvalue weighted by Gasteiger charge is -2.33. The molecular formula is C16H28INO5. The Kier molecular flexibility index (Phi) is 6.65. The number of nitrogens with zero attached hydrogens (tertiary/aromatic N) is 1. The zero-order valence-corrected chi connectivity index (χ0v) is 16.4. The van der Waals surface area contributed by atoms with Gasteiger partial charge in [0.2, 0.25) is 0 Å². The summed E-state index contributed by atoms with van der Waals surface area (Å²) in [6.45, 7) is 6.48. The molecule has 0 aliphatic carbocycles. The van der Waals surface area contributed by atoms with Crippen molar-refractivity contribution < 1.29 is 53.3 Å². The number of likely N-dealkylation sites (N-methyl/N-ethyl adjacent to an activating group) is 1. The minimum absolute atomic E-state index is 0. The van der Waals surface area contributed by atoms with Crippen LogP contribution < -0.4 is 24.0 Å². The first-order chi connectivity index (χ1) is 10.1. The number of esters is 1. The van der Waals surface area contributed by atoms with E-state index in [1.807, 2.05) is 6.08 Å². The molecule has 134 valence electrons. The molecule has 0 amide bonds. The van der Waals surface area contributed by atoms with Gasteiger partial charge < -0.3 is 48.5 Å². The standard InChI is InChI=1S/C16H28NO5.HI/c1-10(2)16(21,11(3)18)15(20)22-9-12-5-7-17(4)8-6-13(19)14(12)17;/h5,10-11,13-14,18-19,21H,6-9H2,1-4H3;1H/q+1;/p-1/t11-,13+,14-,16+,17?;/m1./s1. The maximum absolute atomic E-state index is 12.2. The molecule has 1 fully saturated rings. The summed E-state index contributed by atoms with van der Waals surface area (Å²) >= 11 is 0. The first-order valence-corrected chi connectivity index (χ1v) is 7.91. The van der Waals surface area contributed by atoms with E-state index in [0.29, 0.717) is 0 Å². The fourth-order valence-corrected chi connectivity index (χ4v) is 3.74. The maximum Gasteiger partial charge on any atom is 0.341 e. The molecule has 3 N–H and O–H groups in total. The van der Waals surface area contributed by atoms with Gasteiger partial charge in [-0.25, -0.2) is 4.79 Å². The van der Waals surface area contributed by atoms with Crippen LogP contribution >= 0.6 is 0 Å². The van der Waals surface area contributed by atoms with Gasteiger partial charge in [-0.15, -0.1) is 0 Å². The third kappa shape index (κ3) is 3.58. The molecule has 2 heterocycles. The Morgan fingerprint density at radius 3 is 2.61 bits per heavy atom. The molecule has 0 bridgehead atoms. The molecule has 0 aromatic rings. The van der Waals surface area contributed by atoms with E-state index >= 15 is 0 Å². The van der Waals surface area contributed by atoms with Gasteiger partial charge in [-0.3, -0.25) is 0 Å². The zero-order chi connectivity index (χ0) is 16.7. The van der Waals surface area contributed by atoms with Crippen LogP contribution in [0.15, 0.2) is 11.6 Å². The van der Waals surface area contributed by atoms with Crippen molar-refractivity contribution >= 4 is 5.97 Å². The number of hydrogen-bond acceptors (Lipinski definition) is 5. The molecule has 7 heteroatoms. The quantitative estimate of drug-likeness (QED) is 0.181. The highest BCUT2D eigenvalue weighted by atomic mass is 127. The second-order valence-electron chi connectivity index (χ2n) is 7.20. The summed E-state index contributed by atoms with van der Waals surface area (Å²) in [5, 5.41) is 30.3. The number of carbonyl (C=O) groups excluding carboxylic acids is 1. The van der Waals surface area contributed by atoms with Crippen LogP contribution in [0.3, 0.4) is 0 Å². The highest BCUT2D eigenvalue weighted by Crippen LogP contribution is 2.35. The first-order valence-electron chi connectivity index (χ1n) is 7.91. The minimum Gasteiger partial charge on any atom is -1.00 e. The lowest BCUT2D eigenvalue weighted by molar-refractivity contribution is -0.906. The number of aliphatic hydroxyl groups excluding tert-OH is 2. The Bertz CT molecular complexity index is 471. The first kappa shape index (κ1) is 20.8. The second-order valence-corrected chi connectivity index (χ2v) is 7.20. The van der Waals surface area contributed by atoms with Crippen LogP contribution in [0.4, 0.5) is 0 Å². The molecule has 1 saturated heterocycles. The van der Waals surface area contributed by atoms with Gasteiger partial charge in [-0.1, -0.05) is 13.8 Å². The van der Waals surface area contributed by atoms with Gasteiger partial charge in [0.1, 0.15) is 18.8 Å². The van der Waals surface area contributed by atoms with Crippen LogP contribution in [0.1, 0.15) is 27.2 Å². The van der Waals surface area contributed by atoms with Crippen molar-refractivity contribution in [1.82, 2.24) is 0 Å². The molecule has 6 nitrogen and oxygen atoms in total. The molecule has 2 aliphatic heterocycles. The number of hydrogen-bond donors (Lipinski definition) is 3. The third-order valence-corrected chi connectivity index (χ3v) is 5.34. The highest BCUT2D eigenvalue weighted by molar-refractivity contribution is 5.80. The largest absolute Gasteiger partial charge is 1.00 e. The lowest BCUT2D eigenvalue weighted by atomic mass is 9.85. The number of quaternary nitrogens is 1. The molecular weight excluding hydrogens is 413 g/mol. The molecule has 5 atom stereocenters. The Balaban J connectivity index is 0.00000264. The van der Waals surface area contributed by atoms with E-state index < -0.39 is 29.7 Å². The second kappa shape index (κ2) is 7.35. The van der Waals surface area contributed by atoms with E-state index in [-0.39, 0.29) is 36.6 Å². The number of fused-ring (bicyclic) bond motifs is 1. The topological polar surface area (TPSA) is 87.0 Å². The number of halogens is 1. The number of ether oxygens (including phenoxy) is 1. The average molecular weight is 441 g/mol. The van der Waals surface area contributed by atoms with Crippen molar-refractivity contribution in [3.63, 3.8) is 0 Å². The van der Waals surface area contributed by atoms with Gasteiger partial charge in [-0.05, 0) is 18.9 Å². The molecule has 0 saturated carbocycles. The van der Waals surface area contributed by atoms with Gasteiger partial charge in [0.15, 0.2) is 5.60 Å². The predicted molar refractivity (Wildman–Crippen MR) is 80.8 cm³/mol. The van der Waals surface area contributed by atoms with Gasteiger partial charge in [-0.2, -0.15) is 0 Å². The monoisotopic (exact) mass is 441 g/mol. The summed E-state index contributed by atoms with van der Waals surface area (Å²) in [7, 11) is 2.09. The SMILES string of the molecule is CC(C)[C@@](O)(C(=O)OCC1=CC[N+]2(C)CC[C@H](O)[C@@H]12)[C@@H](C)O.[I-]. The normalized spacial score (nSPS) is 33.5. The van der Waals surface area contributed by atoms with Crippen LogP contribution in [0, 0.1) is 5.92 Å². The van der Waals surface area contributed by atoms with Crippen molar-refractivity contribution in [2.24, 2.45) is 5.92 Å². The maximum atomic E-state index is 12.2. The highest BCUT2D eigenvalue weighted by Gasteiger charge is 2.51. The van der Waals surface area contributed by atoms with Crippen LogP contribution in [-0.2, 0) is 9.53 Å². The number of carbonyl (C=O) groups is 1. The Morgan fingerprint density at radius 2 is 2.09 bits per heavy atom. The van der Waals surface area contributed by atoms with Crippen molar-refractivity contribution in [3.05, 3.63) is 11.6 Å². The molecule has 23 heavy (non-hydrogen) atoms. The lowest BCUT2D eigenvalue weighted by Crippen LogP contribution is -3.00. The molecule has 0 aromatic carbocycles. The molecule has 2 aliphatic rings. The fraction of sp³-hybridized carbons (Fsp3) is 0.812.